The lowest BCUT2D eigenvalue weighted by Crippen LogP contribution is -2.27. The largest absolute Gasteiger partial charge is 0.484 e. The molecule has 0 saturated carbocycles. The van der Waals surface area contributed by atoms with E-state index in [1.54, 1.807) is 0 Å². The van der Waals surface area contributed by atoms with Crippen LogP contribution in [0.4, 0.5) is 13.2 Å². The molecule has 0 radical (unpaired) electrons. The van der Waals surface area contributed by atoms with Crippen LogP contribution in [0.15, 0.2) is 0 Å². The second kappa shape index (κ2) is 13.3. The number of hydrogen-bond acceptors (Lipinski definition) is 4. The number of alkyl halides is 3. The highest BCUT2D eigenvalue weighted by Crippen LogP contribution is 2.13. The van der Waals surface area contributed by atoms with Gasteiger partial charge in [0.25, 0.3) is 0 Å². The van der Waals surface area contributed by atoms with Crippen LogP contribution >= 0.6 is 0 Å². The average molecular weight is 292 g/mol. The van der Waals surface area contributed by atoms with E-state index >= 15 is 0 Å². The Morgan fingerprint density at radius 2 is 1.17 bits per heavy atom. The molecule has 8 heteroatoms. The maximum atomic E-state index is 11.1. The Labute approximate surface area is 108 Å². The molecule has 0 aliphatic heterocycles. The van der Waals surface area contributed by atoms with Gasteiger partial charge in [0, 0.05) is 26.4 Å². The summed E-state index contributed by atoms with van der Waals surface area (Å²) in [6.45, 7) is 8.35. The second-order valence-electron chi connectivity index (χ2n) is 2.91. The molecule has 0 unspecified atom stereocenters. The normalized spacial score (nSPS) is 11.3. The Hall–Kier alpha value is -0.153. The van der Waals surface area contributed by atoms with Crippen LogP contribution in [-0.2, 0) is 18.0 Å². The van der Waals surface area contributed by atoms with Crippen LogP contribution in [0.1, 0.15) is 27.7 Å². The zero-order chi connectivity index (χ0) is 14.4. The molecule has 4 nitrogen and oxygen atoms in total. The smallest absolute Gasteiger partial charge is 0.376 e. The van der Waals surface area contributed by atoms with Gasteiger partial charge in [0.05, 0.1) is 0 Å². The molecule has 18 heavy (non-hydrogen) atoms. The highest BCUT2D eigenvalue weighted by atomic mass is 28.3. The van der Waals surface area contributed by atoms with Gasteiger partial charge < -0.3 is 18.0 Å². The summed E-state index contributed by atoms with van der Waals surface area (Å²) in [5, 5.41) is 0. The molecule has 0 aromatic carbocycles. The second-order valence-corrected chi connectivity index (χ2v) is 4.48. The van der Waals surface area contributed by atoms with Crippen molar-refractivity contribution in [1.29, 1.82) is 0 Å². The van der Waals surface area contributed by atoms with Crippen molar-refractivity contribution in [3.8, 4) is 0 Å². The van der Waals surface area contributed by atoms with Crippen molar-refractivity contribution in [2.24, 2.45) is 0 Å². The Morgan fingerprint density at radius 1 is 0.778 bits per heavy atom. The first-order valence-electron chi connectivity index (χ1n) is 5.90. The van der Waals surface area contributed by atoms with E-state index in [4.69, 9.17) is 13.3 Å². The van der Waals surface area contributed by atoms with Crippen LogP contribution in [0, 0.1) is 0 Å². The summed E-state index contributed by atoms with van der Waals surface area (Å²) >= 11 is 0. The highest BCUT2D eigenvalue weighted by Gasteiger charge is 2.26. The summed E-state index contributed by atoms with van der Waals surface area (Å²) in [7, 11) is -1.73. The minimum Gasteiger partial charge on any atom is -0.376 e. The summed E-state index contributed by atoms with van der Waals surface area (Å²) in [6, 6.07) is 0. The molecule has 0 amide bonds. The van der Waals surface area contributed by atoms with Gasteiger partial charge in [-0.1, -0.05) is 0 Å². The van der Waals surface area contributed by atoms with Crippen LogP contribution in [0.5, 0.6) is 0 Å². The fourth-order valence-corrected chi connectivity index (χ4v) is 1.88. The molecule has 0 aromatic rings. The van der Waals surface area contributed by atoms with Gasteiger partial charge in [-0.3, -0.25) is 0 Å². The Bertz CT molecular complexity index is 155. The van der Waals surface area contributed by atoms with Gasteiger partial charge in [0.2, 0.25) is 0 Å². The first-order chi connectivity index (χ1) is 8.41. The number of halogens is 3. The summed E-state index contributed by atoms with van der Waals surface area (Å²) in [4.78, 5) is 0. The lowest BCUT2D eigenvalue weighted by atomic mass is 10.7. The monoisotopic (exact) mass is 292 g/mol. The maximum absolute atomic E-state index is 11.1. The molecular weight excluding hydrogens is 269 g/mol. The van der Waals surface area contributed by atoms with Gasteiger partial charge in [-0.05, 0) is 27.7 Å². The summed E-state index contributed by atoms with van der Waals surface area (Å²) in [6.07, 6.45) is -4.17. The zero-order valence-electron chi connectivity index (χ0n) is 11.4. The Kier molecular flexibility index (Phi) is 14.9. The van der Waals surface area contributed by atoms with Crippen molar-refractivity contribution in [1.82, 2.24) is 0 Å². The zero-order valence-corrected chi connectivity index (χ0v) is 12.5. The first kappa shape index (κ1) is 20.2. The fraction of sp³-hybridized carbons (Fsp3) is 1.00. The van der Waals surface area contributed by atoms with Crippen molar-refractivity contribution >= 4 is 9.53 Å². The third kappa shape index (κ3) is 18.2. The van der Waals surface area contributed by atoms with E-state index in [9.17, 15) is 13.2 Å². The lowest BCUT2D eigenvalue weighted by Gasteiger charge is -2.12. The van der Waals surface area contributed by atoms with E-state index in [1.807, 2.05) is 20.8 Å². The molecule has 0 aromatic heterocycles. The van der Waals surface area contributed by atoms with E-state index in [0.29, 0.717) is 19.8 Å². The van der Waals surface area contributed by atoms with Gasteiger partial charge in [0.1, 0.15) is 6.61 Å². The molecule has 0 fully saturated rings. The van der Waals surface area contributed by atoms with E-state index in [0.717, 1.165) is 0 Å². The third-order valence-electron chi connectivity index (χ3n) is 1.38. The van der Waals surface area contributed by atoms with Crippen LogP contribution in [0.2, 0.25) is 0 Å². The van der Waals surface area contributed by atoms with Crippen LogP contribution < -0.4 is 0 Å². The van der Waals surface area contributed by atoms with Crippen LogP contribution in [0.3, 0.4) is 0 Å². The minimum absolute atomic E-state index is 0.111. The topological polar surface area (TPSA) is 36.9 Å². The molecule has 0 atom stereocenters. The van der Waals surface area contributed by atoms with E-state index in [-0.39, 0.29) is 6.61 Å². The number of ether oxygens (including phenoxy) is 1. The van der Waals surface area contributed by atoms with Crippen molar-refractivity contribution in [2.75, 3.05) is 33.0 Å². The molecule has 0 bridgehead atoms. The molecular formula is C10H23F3O4Si. The fourth-order valence-electron chi connectivity index (χ4n) is 0.770. The molecule has 0 aliphatic carbocycles. The van der Waals surface area contributed by atoms with Crippen LogP contribution in [0.25, 0.3) is 0 Å². The average Bonchev–Trinajstić information content (AvgIpc) is 2.27. The van der Waals surface area contributed by atoms with Crippen molar-refractivity contribution in [2.45, 2.75) is 33.9 Å². The molecule has 0 rings (SSSR count). The quantitative estimate of drug-likeness (QED) is 0.644. The molecule has 0 spiro atoms. The van der Waals surface area contributed by atoms with E-state index in [2.05, 4.69) is 4.74 Å². The highest BCUT2D eigenvalue weighted by molar-refractivity contribution is 6.36. The van der Waals surface area contributed by atoms with Crippen molar-refractivity contribution < 1.29 is 31.2 Å². The summed E-state index contributed by atoms with van der Waals surface area (Å²) in [5.74, 6) is 0. The maximum Gasteiger partial charge on any atom is 0.484 e. The molecule has 112 valence electrons. The van der Waals surface area contributed by atoms with Crippen molar-refractivity contribution in [3.63, 3.8) is 0 Å². The lowest BCUT2D eigenvalue weighted by molar-refractivity contribution is -0.172. The molecule has 0 aliphatic rings. The predicted molar refractivity (Wildman–Crippen MR) is 64.6 cm³/mol. The molecule has 0 heterocycles. The van der Waals surface area contributed by atoms with E-state index in [1.165, 1.54) is 6.92 Å². The van der Waals surface area contributed by atoms with Crippen molar-refractivity contribution in [3.05, 3.63) is 0 Å². The van der Waals surface area contributed by atoms with Gasteiger partial charge >= 0.3 is 15.7 Å². The Morgan fingerprint density at radius 3 is 1.33 bits per heavy atom. The first-order valence-corrected chi connectivity index (χ1v) is 7.31. The number of hydrogen-bond donors (Lipinski definition) is 0. The van der Waals surface area contributed by atoms with Gasteiger partial charge in [-0.25, -0.2) is 0 Å². The summed E-state index contributed by atoms with van der Waals surface area (Å²) < 4.78 is 53.1. The van der Waals surface area contributed by atoms with Gasteiger partial charge in [-0.15, -0.1) is 0 Å². The van der Waals surface area contributed by atoms with Crippen LogP contribution in [-0.4, -0.2) is 48.7 Å². The van der Waals surface area contributed by atoms with E-state index < -0.39 is 22.3 Å². The van der Waals surface area contributed by atoms with Gasteiger partial charge in [0.15, 0.2) is 0 Å². The Balaban J connectivity index is 0. The number of rotatable bonds is 8. The molecule has 0 N–H and O–H groups in total. The predicted octanol–water partition coefficient (Wildman–Crippen LogP) is 2.40. The molecule has 0 saturated heterocycles. The summed E-state index contributed by atoms with van der Waals surface area (Å²) in [5.41, 5.74) is 0. The minimum atomic E-state index is -4.17. The SMILES string of the molecule is CCOCC(F)(F)F.CCO[SiH](OCC)OCC. The third-order valence-corrected chi connectivity index (χ3v) is 3.19. The standard InChI is InChI=1S/C6H16O3Si.C4H7F3O/c1-4-7-10(8-5-2)9-6-3;1-2-8-3-4(5,6)7/h10H,4-6H2,1-3H3;2-3H2,1H3. The van der Waals surface area contributed by atoms with Gasteiger partial charge in [-0.2, -0.15) is 13.2 Å².